The Labute approximate surface area is 115 Å². The fourth-order valence-corrected chi connectivity index (χ4v) is 2.14. The van der Waals surface area contributed by atoms with Gasteiger partial charge in [-0.2, -0.15) is 0 Å². The van der Waals surface area contributed by atoms with Crippen LogP contribution in [0.4, 0.5) is 4.39 Å². The lowest BCUT2D eigenvalue weighted by molar-refractivity contribution is -0.119. The number of primary amides is 1. The fraction of sp³-hybridized carbons (Fsp3) is 0.462. The Balaban J connectivity index is 2.68. The van der Waals surface area contributed by atoms with E-state index in [0.717, 1.165) is 24.9 Å². The standard InChI is InChI=1S/C13H18BrFN2O/c1-2-3-6-17(9-13(16)18)8-10-4-5-12(15)11(14)7-10/h4-5,7H,2-3,6,8-9H2,1H3,(H2,16,18). The number of benzene rings is 1. The van der Waals surface area contributed by atoms with Crippen LogP contribution in [0, 0.1) is 5.82 Å². The molecule has 18 heavy (non-hydrogen) atoms. The predicted molar refractivity (Wildman–Crippen MR) is 73.5 cm³/mol. The Bertz CT molecular complexity index is 412. The monoisotopic (exact) mass is 316 g/mol. The van der Waals surface area contributed by atoms with Crippen LogP contribution in [0.5, 0.6) is 0 Å². The highest BCUT2D eigenvalue weighted by Gasteiger charge is 2.09. The fourth-order valence-electron chi connectivity index (χ4n) is 1.71. The summed E-state index contributed by atoms with van der Waals surface area (Å²) < 4.78 is 13.6. The number of carbonyl (C=O) groups is 1. The summed E-state index contributed by atoms with van der Waals surface area (Å²) in [4.78, 5) is 13.0. The minimum absolute atomic E-state index is 0.231. The molecule has 0 aliphatic rings. The molecular weight excluding hydrogens is 299 g/mol. The van der Waals surface area contributed by atoms with Crippen molar-refractivity contribution >= 4 is 21.8 Å². The molecule has 0 saturated heterocycles. The van der Waals surface area contributed by atoms with Crippen molar-refractivity contribution in [2.75, 3.05) is 13.1 Å². The Morgan fingerprint density at radius 1 is 1.50 bits per heavy atom. The van der Waals surface area contributed by atoms with Crippen molar-refractivity contribution in [2.24, 2.45) is 5.73 Å². The van der Waals surface area contributed by atoms with E-state index in [0.29, 0.717) is 11.0 Å². The lowest BCUT2D eigenvalue weighted by atomic mass is 10.2. The summed E-state index contributed by atoms with van der Waals surface area (Å²) in [6.45, 7) is 3.74. The summed E-state index contributed by atoms with van der Waals surface area (Å²) in [5.74, 6) is -0.624. The SMILES string of the molecule is CCCCN(CC(N)=O)Cc1ccc(F)c(Br)c1. The molecule has 1 amide bonds. The lowest BCUT2D eigenvalue weighted by Crippen LogP contribution is -2.34. The van der Waals surface area contributed by atoms with Gasteiger partial charge in [0, 0.05) is 6.54 Å². The Morgan fingerprint density at radius 2 is 2.22 bits per heavy atom. The molecule has 100 valence electrons. The van der Waals surface area contributed by atoms with E-state index in [1.807, 2.05) is 4.90 Å². The van der Waals surface area contributed by atoms with Crippen molar-refractivity contribution in [3.63, 3.8) is 0 Å². The van der Waals surface area contributed by atoms with E-state index in [9.17, 15) is 9.18 Å². The number of unbranched alkanes of at least 4 members (excludes halogenated alkanes) is 1. The summed E-state index contributed by atoms with van der Waals surface area (Å²) in [6.07, 6.45) is 2.07. The number of nitrogens with two attached hydrogens (primary N) is 1. The summed E-state index contributed by atoms with van der Waals surface area (Å²) in [5.41, 5.74) is 6.18. The largest absolute Gasteiger partial charge is 0.369 e. The van der Waals surface area contributed by atoms with Gasteiger partial charge in [0.1, 0.15) is 5.82 Å². The zero-order valence-corrected chi connectivity index (χ0v) is 12.0. The first-order chi connectivity index (χ1) is 8.52. The Kier molecular flexibility index (Phi) is 6.29. The maximum absolute atomic E-state index is 13.1. The molecule has 5 heteroatoms. The van der Waals surface area contributed by atoms with Crippen molar-refractivity contribution in [3.8, 4) is 0 Å². The van der Waals surface area contributed by atoms with Gasteiger partial charge in [0.2, 0.25) is 5.91 Å². The summed E-state index contributed by atoms with van der Waals surface area (Å²) in [5, 5.41) is 0. The number of nitrogens with zero attached hydrogens (tertiary/aromatic N) is 1. The second-order valence-corrected chi connectivity index (χ2v) is 5.13. The molecule has 1 aromatic rings. The molecule has 0 bridgehead atoms. The Morgan fingerprint density at radius 3 is 2.78 bits per heavy atom. The topological polar surface area (TPSA) is 46.3 Å². The molecule has 0 fully saturated rings. The zero-order valence-electron chi connectivity index (χ0n) is 10.5. The first-order valence-corrected chi connectivity index (χ1v) is 6.76. The van der Waals surface area contributed by atoms with E-state index in [1.54, 1.807) is 12.1 Å². The van der Waals surface area contributed by atoms with E-state index in [4.69, 9.17) is 5.73 Å². The average molecular weight is 317 g/mol. The van der Waals surface area contributed by atoms with Gasteiger partial charge < -0.3 is 5.73 Å². The van der Waals surface area contributed by atoms with Gasteiger partial charge in [-0.3, -0.25) is 9.69 Å². The molecule has 0 aliphatic heterocycles. The maximum Gasteiger partial charge on any atom is 0.231 e. The minimum atomic E-state index is -0.340. The first kappa shape index (κ1) is 15.1. The minimum Gasteiger partial charge on any atom is -0.369 e. The van der Waals surface area contributed by atoms with Crippen LogP contribution in [-0.2, 0) is 11.3 Å². The van der Waals surface area contributed by atoms with E-state index in [-0.39, 0.29) is 18.3 Å². The van der Waals surface area contributed by atoms with E-state index >= 15 is 0 Å². The molecule has 0 radical (unpaired) electrons. The number of rotatable bonds is 7. The smallest absolute Gasteiger partial charge is 0.231 e. The number of hydrogen-bond donors (Lipinski definition) is 1. The van der Waals surface area contributed by atoms with E-state index in [2.05, 4.69) is 22.9 Å². The molecule has 1 aromatic carbocycles. The summed E-state index contributed by atoms with van der Waals surface area (Å²) in [7, 11) is 0. The molecule has 0 saturated carbocycles. The predicted octanol–water partition coefficient (Wildman–Crippen LogP) is 2.68. The van der Waals surface area contributed by atoms with Crippen molar-refractivity contribution in [3.05, 3.63) is 34.1 Å². The van der Waals surface area contributed by atoms with Crippen LogP contribution in [0.15, 0.2) is 22.7 Å². The van der Waals surface area contributed by atoms with Gasteiger partial charge in [-0.15, -0.1) is 0 Å². The van der Waals surface area contributed by atoms with Crippen molar-refractivity contribution in [2.45, 2.75) is 26.3 Å². The number of carbonyl (C=O) groups excluding carboxylic acids is 1. The second-order valence-electron chi connectivity index (χ2n) is 4.28. The quantitative estimate of drug-likeness (QED) is 0.840. The molecule has 0 spiro atoms. The summed E-state index contributed by atoms with van der Waals surface area (Å²) >= 11 is 3.15. The van der Waals surface area contributed by atoms with Gasteiger partial charge in [0.25, 0.3) is 0 Å². The highest BCUT2D eigenvalue weighted by molar-refractivity contribution is 9.10. The maximum atomic E-state index is 13.1. The number of hydrogen-bond acceptors (Lipinski definition) is 2. The number of halogens is 2. The van der Waals surface area contributed by atoms with Crippen LogP contribution >= 0.6 is 15.9 Å². The molecule has 0 aromatic heterocycles. The zero-order chi connectivity index (χ0) is 13.5. The van der Waals surface area contributed by atoms with E-state index in [1.165, 1.54) is 6.07 Å². The summed E-state index contributed by atoms with van der Waals surface area (Å²) in [6, 6.07) is 4.87. The molecule has 1 rings (SSSR count). The van der Waals surface area contributed by atoms with Crippen LogP contribution in [0.25, 0.3) is 0 Å². The average Bonchev–Trinajstić information content (AvgIpc) is 2.30. The number of amides is 1. The normalized spacial score (nSPS) is 10.9. The first-order valence-electron chi connectivity index (χ1n) is 5.97. The van der Waals surface area contributed by atoms with Crippen LogP contribution in [0.2, 0.25) is 0 Å². The van der Waals surface area contributed by atoms with Crippen molar-refractivity contribution in [1.29, 1.82) is 0 Å². The van der Waals surface area contributed by atoms with Gasteiger partial charge in [-0.25, -0.2) is 4.39 Å². The van der Waals surface area contributed by atoms with Crippen LogP contribution < -0.4 is 5.73 Å². The van der Waals surface area contributed by atoms with Gasteiger partial charge >= 0.3 is 0 Å². The van der Waals surface area contributed by atoms with Gasteiger partial charge in [-0.05, 0) is 46.6 Å². The Hall–Kier alpha value is -0.940. The van der Waals surface area contributed by atoms with Gasteiger partial charge in [-0.1, -0.05) is 19.4 Å². The highest BCUT2D eigenvalue weighted by Crippen LogP contribution is 2.18. The van der Waals surface area contributed by atoms with Crippen molar-refractivity contribution in [1.82, 2.24) is 4.90 Å². The third-order valence-electron chi connectivity index (χ3n) is 2.60. The van der Waals surface area contributed by atoms with Crippen LogP contribution in [0.1, 0.15) is 25.3 Å². The van der Waals surface area contributed by atoms with Crippen LogP contribution in [-0.4, -0.2) is 23.9 Å². The molecule has 0 heterocycles. The molecule has 2 N–H and O–H groups in total. The molecule has 0 aliphatic carbocycles. The molecular formula is C13H18BrFN2O. The van der Waals surface area contributed by atoms with Crippen LogP contribution in [0.3, 0.4) is 0 Å². The van der Waals surface area contributed by atoms with Crippen molar-refractivity contribution < 1.29 is 9.18 Å². The molecule has 0 atom stereocenters. The third-order valence-corrected chi connectivity index (χ3v) is 3.21. The molecule has 3 nitrogen and oxygen atoms in total. The van der Waals surface area contributed by atoms with E-state index < -0.39 is 0 Å². The molecule has 0 unspecified atom stereocenters. The third kappa shape index (κ3) is 5.14. The highest BCUT2D eigenvalue weighted by atomic mass is 79.9. The lowest BCUT2D eigenvalue weighted by Gasteiger charge is -2.20. The van der Waals surface area contributed by atoms with Gasteiger partial charge in [0.05, 0.1) is 11.0 Å². The second kappa shape index (κ2) is 7.48. The van der Waals surface area contributed by atoms with Gasteiger partial charge in [0.15, 0.2) is 0 Å².